The van der Waals surface area contributed by atoms with Crippen LogP contribution in [0.1, 0.15) is 63.1 Å². The highest BCUT2D eigenvalue weighted by atomic mass is 19.1. The SMILES string of the molecule is CCCCn1c(-c2ccccc2)nc(F)c1CN(Cc1ccc2[nH]ccc2c1)CC1CCCCC1. The number of nitrogens with one attached hydrogen (secondary N) is 1. The van der Waals surface area contributed by atoms with Gasteiger partial charge in [0.25, 0.3) is 0 Å². The van der Waals surface area contributed by atoms with E-state index >= 15 is 4.39 Å². The van der Waals surface area contributed by atoms with Gasteiger partial charge in [-0.05, 0) is 54.3 Å². The van der Waals surface area contributed by atoms with Gasteiger partial charge in [0.2, 0.25) is 5.95 Å². The zero-order valence-electron chi connectivity index (χ0n) is 20.8. The predicted molar refractivity (Wildman–Crippen MR) is 142 cm³/mol. The fraction of sp³-hybridized carbons (Fsp3) is 0.433. The molecule has 0 atom stereocenters. The second-order valence-electron chi connectivity index (χ2n) is 10.1. The van der Waals surface area contributed by atoms with E-state index in [-0.39, 0.29) is 5.95 Å². The molecule has 4 nitrogen and oxygen atoms in total. The third-order valence-corrected chi connectivity index (χ3v) is 7.43. The van der Waals surface area contributed by atoms with Gasteiger partial charge >= 0.3 is 0 Å². The topological polar surface area (TPSA) is 36.9 Å². The van der Waals surface area contributed by atoms with Crippen molar-refractivity contribution >= 4 is 10.9 Å². The van der Waals surface area contributed by atoms with Gasteiger partial charge in [-0.15, -0.1) is 0 Å². The second kappa shape index (κ2) is 11.2. The lowest BCUT2D eigenvalue weighted by Gasteiger charge is -2.30. The van der Waals surface area contributed by atoms with Crippen LogP contribution in [0, 0.1) is 11.9 Å². The van der Waals surface area contributed by atoms with Crippen molar-refractivity contribution < 1.29 is 4.39 Å². The van der Waals surface area contributed by atoms with Crippen LogP contribution in [-0.4, -0.2) is 26.0 Å². The third kappa shape index (κ3) is 5.67. The van der Waals surface area contributed by atoms with Crippen molar-refractivity contribution in [3.05, 3.63) is 78.0 Å². The first kappa shape index (κ1) is 23.8. The Morgan fingerprint density at radius 1 is 1.03 bits per heavy atom. The normalized spacial score (nSPS) is 14.8. The van der Waals surface area contributed by atoms with Crippen LogP contribution in [0.4, 0.5) is 4.39 Å². The van der Waals surface area contributed by atoms with Crippen molar-refractivity contribution in [3.8, 4) is 11.4 Å². The van der Waals surface area contributed by atoms with Crippen LogP contribution in [0.15, 0.2) is 60.8 Å². The number of H-pyrrole nitrogens is 1. The second-order valence-corrected chi connectivity index (χ2v) is 10.1. The number of benzene rings is 2. The molecule has 5 rings (SSSR count). The fourth-order valence-electron chi connectivity index (χ4n) is 5.56. The van der Waals surface area contributed by atoms with Crippen molar-refractivity contribution in [2.24, 2.45) is 5.92 Å². The lowest BCUT2D eigenvalue weighted by atomic mass is 9.89. The van der Waals surface area contributed by atoms with Gasteiger partial charge in [0.1, 0.15) is 5.82 Å². The van der Waals surface area contributed by atoms with E-state index in [0.717, 1.165) is 55.1 Å². The molecule has 0 radical (unpaired) electrons. The van der Waals surface area contributed by atoms with E-state index in [1.54, 1.807) is 0 Å². The molecule has 0 amide bonds. The van der Waals surface area contributed by atoms with Crippen LogP contribution in [0.2, 0.25) is 0 Å². The molecule has 184 valence electrons. The Morgan fingerprint density at radius 2 is 1.86 bits per heavy atom. The van der Waals surface area contributed by atoms with Gasteiger partial charge in [-0.25, -0.2) is 0 Å². The summed E-state index contributed by atoms with van der Waals surface area (Å²) in [5.41, 5.74) is 4.13. The third-order valence-electron chi connectivity index (χ3n) is 7.43. The fourth-order valence-corrected chi connectivity index (χ4v) is 5.56. The summed E-state index contributed by atoms with van der Waals surface area (Å²) in [5, 5.41) is 1.23. The maximum absolute atomic E-state index is 15.5. The van der Waals surface area contributed by atoms with Gasteiger partial charge in [0, 0.05) is 43.5 Å². The highest BCUT2D eigenvalue weighted by molar-refractivity contribution is 5.79. The highest BCUT2D eigenvalue weighted by Crippen LogP contribution is 2.28. The molecule has 1 saturated carbocycles. The summed E-state index contributed by atoms with van der Waals surface area (Å²) < 4.78 is 17.6. The van der Waals surface area contributed by atoms with Crippen molar-refractivity contribution in [2.75, 3.05) is 6.54 Å². The quantitative estimate of drug-likeness (QED) is 0.259. The molecular weight excluding hydrogens is 435 g/mol. The molecule has 2 aromatic heterocycles. The van der Waals surface area contributed by atoms with Crippen LogP contribution >= 0.6 is 0 Å². The lowest BCUT2D eigenvalue weighted by Crippen LogP contribution is -2.31. The summed E-state index contributed by atoms with van der Waals surface area (Å²) in [6.07, 6.45) is 10.6. The van der Waals surface area contributed by atoms with Crippen LogP contribution in [0.5, 0.6) is 0 Å². The summed E-state index contributed by atoms with van der Waals surface area (Å²) in [5.74, 6) is 1.11. The Kier molecular flexibility index (Phi) is 7.63. The highest BCUT2D eigenvalue weighted by Gasteiger charge is 2.23. The van der Waals surface area contributed by atoms with Crippen molar-refractivity contribution in [1.29, 1.82) is 0 Å². The molecule has 0 aliphatic heterocycles. The first-order chi connectivity index (χ1) is 17.2. The van der Waals surface area contributed by atoms with Gasteiger partial charge in [0.05, 0.1) is 5.69 Å². The molecule has 1 aliphatic rings. The minimum absolute atomic E-state index is 0.324. The molecule has 1 N–H and O–H groups in total. The Hall–Kier alpha value is -2.92. The Labute approximate surface area is 208 Å². The van der Waals surface area contributed by atoms with Crippen LogP contribution < -0.4 is 0 Å². The molecule has 0 spiro atoms. The molecule has 1 aliphatic carbocycles. The summed E-state index contributed by atoms with van der Waals surface area (Å²) >= 11 is 0. The van der Waals surface area contributed by atoms with E-state index in [2.05, 4.69) is 50.6 Å². The molecule has 0 saturated heterocycles. The number of unbranched alkanes of at least 4 members (excludes halogenated alkanes) is 1. The minimum atomic E-state index is -0.324. The van der Waals surface area contributed by atoms with Gasteiger partial charge in [-0.2, -0.15) is 9.37 Å². The average molecular weight is 473 g/mol. The molecule has 5 heteroatoms. The molecule has 0 bridgehead atoms. The molecule has 0 unspecified atom stereocenters. The Morgan fingerprint density at radius 3 is 2.66 bits per heavy atom. The summed E-state index contributed by atoms with van der Waals surface area (Å²) in [6, 6.07) is 18.8. The Balaban J connectivity index is 1.45. The number of hydrogen-bond acceptors (Lipinski definition) is 2. The summed E-state index contributed by atoms with van der Waals surface area (Å²) in [7, 11) is 0. The standard InChI is InChI=1S/C30H37FN4/c1-2-3-18-35-28(29(31)33-30(35)25-12-8-5-9-13-25)22-34(20-23-10-6-4-7-11-23)21-24-14-15-27-26(19-24)16-17-32-27/h5,8-9,12-17,19,23,32H,2-4,6-7,10-11,18,20-22H2,1H3. The van der Waals surface area contributed by atoms with Gasteiger partial charge in [0.15, 0.2) is 0 Å². The minimum Gasteiger partial charge on any atom is -0.361 e. The zero-order chi connectivity index (χ0) is 24.0. The largest absolute Gasteiger partial charge is 0.361 e. The number of aromatic amines is 1. The lowest BCUT2D eigenvalue weighted by molar-refractivity contribution is 0.181. The van der Waals surface area contributed by atoms with E-state index in [9.17, 15) is 0 Å². The Bertz CT molecular complexity index is 1220. The number of hydrogen-bond donors (Lipinski definition) is 1. The van der Waals surface area contributed by atoms with Crippen LogP contribution in [-0.2, 0) is 19.6 Å². The van der Waals surface area contributed by atoms with E-state index in [1.165, 1.54) is 43.1 Å². The molecule has 2 heterocycles. The number of fused-ring (bicyclic) bond motifs is 1. The molecule has 1 fully saturated rings. The molecule has 4 aromatic rings. The molecule has 2 aromatic carbocycles. The van der Waals surface area contributed by atoms with Crippen molar-refractivity contribution in [1.82, 2.24) is 19.4 Å². The first-order valence-electron chi connectivity index (χ1n) is 13.3. The molecule has 35 heavy (non-hydrogen) atoms. The first-order valence-corrected chi connectivity index (χ1v) is 13.3. The smallest absolute Gasteiger partial charge is 0.235 e. The van der Waals surface area contributed by atoms with E-state index < -0.39 is 0 Å². The van der Waals surface area contributed by atoms with Gasteiger partial charge in [-0.1, -0.05) is 69.0 Å². The number of imidazole rings is 1. The van der Waals surface area contributed by atoms with Crippen molar-refractivity contribution in [2.45, 2.75) is 71.5 Å². The van der Waals surface area contributed by atoms with Crippen LogP contribution in [0.3, 0.4) is 0 Å². The van der Waals surface area contributed by atoms with E-state index in [4.69, 9.17) is 0 Å². The number of nitrogens with zero attached hydrogens (tertiary/aromatic N) is 3. The van der Waals surface area contributed by atoms with E-state index in [1.807, 2.05) is 36.5 Å². The zero-order valence-corrected chi connectivity index (χ0v) is 20.8. The maximum Gasteiger partial charge on any atom is 0.235 e. The average Bonchev–Trinajstić information content (AvgIpc) is 3.48. The molecular formula is C30H37FN4. The number of aromatic nitrogens is 3. The summed E-state index contributed by atoms with van der Waals surface area (Å²) in [6.45, 7) is 5.37. The predicted octanol–water partition coefficient (Wildman–Crippen LogP) is 7.55. The van der Waals surface area contributed by atoms with Gasteiger partial charge in [-0.3, -0.25) is 4.90 Å². The number of halogens is 1. The number of rotatable bonds is 10. The monoisotopic (exact) mass is 472 g/mol. The van der Waals surface area contributed by atoms with E-state index in [0.29, 0.717) is 12.5 Å². The van der Waals surface area contributed by atoms with Crippen LogP contribution in [0.25, 0.3) is 22.3 Å². The van der Waals surface area contributed by atoms with Gasteiger partial charge < -0.3 is 9.55 Å². The summed E-state index contributed by atoms with van der Waals surface area (Å²) in [4.78, 5) is 10.2. The maximum atomic E-state index is 15.5. The van der Waals surface area contributed by atoms with Crippen molar-refractivity contribution in [3.63, 3.8) is 0 Å².